The topological polar surface area (TPSA) is 80.4 Å². The molecule has 0 fully saturated rings. The highest BCUT2D eigenvalue weighted by molar-refractivity contribution is 7.84. The molecule has 0 aliphatic carbocycles. The van der Waals surface area contributed by atoms with Crippen molar-refractivity contribution in [3.05, 3.63) is 0 Å². The van der Waals surface area contributed by atoms with Gasteiger partial charge in [-0.1, -0.05) is 26.7 Å². The van der Waals surface area contributed by atoms with Crippen LogP contribution in [0.4, 0.5) is 0 Å². The van der Waals surface area contributed by atoms with Crippen LogP contribution in [0.5, 0.6) is 0 Å². The number of carbonyl (C=O) groups is 1. The fourth-order valence-corrected chi connectivity index (χ4v) is 3.05. The number of aliphatic hydroxyl groups is 1. The van der Waals surface area contributed by atoms with E-state index in [-0.39, 0.29) is 17.1 Å². The number of amides is 1. The van der Waals surface area contributed by atoms with Crippen molar-refractivity contribution < 1.29 is 14.1 Å². The number of hydrogen-bond acceptors (Lipinski definition) is 3. The average molecular weight is 277 g/mol. The van der Waals surface area contributed by atoms with Gasteiger partial charge in [-0.25, -0.2) is 0 Å². The van der Waals surface area contributed by atoms with Crippen molar-refractivity contribution in [1.82, 2.24) is 0 Å². The van der Waals surface area contributed by atoms with Crippen molar-refractivity contribution >= 4 is 16.7 Å². The quantitative estimate of drug-likeness (QED) is 0.636. The number of primary amides is 1. The molecule has 108 valence electrons. The van der Waals surface area contributed by atoms with Gasteiger partial charge in [-0.2, -0.15) is 0 Å². The highest BCUT2D eigenvalue weighted by Crippen LogP contribution is 2.18. The molecule has 0 aliphatic heterocycles. The van der Waals surface area contributed by atoms with Crippen LogP contribution in [-0.4, -0.2) is 32.8 Å². The summed E-state index contributed by atoms with van der Waals surface area (Å²) in [7, 11) is -0.929. The fourth-order valence-electron chi connectivity index (χ4n) is 2.06. The minimum atomic E-state index is -0.929. The molecular formula is C13H27NO3S. The molecule has 4 unspecified atom stereocenters. The fraction of sp³-hybridized carbons (Fsp3) is 0.923. The van der Waals surface area contributed by atoms with Gasteiger partial charge in [-0.15, -0.1) is 0 Å². The normalized spacial score (nSPS) is 18.0. The first-order valence-electron chi connectivity index (χ1n) is 6.71. The maximum Gasteiger partial charge on any atom is 0.220 e. The summed E-state index contributed by atoms with van der Waals surface area (Å²) < 4.78 is 11.6. The second kappa shape index (κ2) is 9.50. The third kappa shape index (κ3) is 7.11. The van der Waals surface area contributed by atoms with Crippen LogP contribution in [0, 0.1) is 5.92 Å². The van der Waals surface area contributed by atoms with Crippen molar-refractivity contribution in [3.8, 4) is 0 Å². The summed E-state index contributed by atoms with van der Waals surface area (Å²) in [5, 5.41) is 9.99. The molecular weight excluding hydrogens is 250 g/mol. The lowest BCUT2D eigenvalue weighted by atomic mass is 9.95. The van der Waals surface area contributed by atoms with Gasteiger partial charge in [-0.05, 0) is 25.7 Å². The first-order valence-corrected chi connectivity index (χ1v) is 8.34. The third-order valence-corrected chi connectivity index (χ3v) is 4.70. The Labute approximate surface area is 113 Å². The molecule has 0 radical (unpaired) electrons. The Bertz CT molecular complexity index is 271. The molecule has 4 nitrogen and oxygen atoms in total. The van der Waals surface area contributed by atoms with E-state index in [0.717, 1.165) is 19.3 Å². The Kier molecular flexibility index (Phi) is 9.28. The van der Waals surface area contributed by atoms with E-state index in [1.165, 1.54) is 0 Å². The first kappa shape index (κ1) is 17.6. The van der Waals surface area contributed by atoms with Gasteiger partial charge < -0.3 is 10.8 Å². The molecule has 5 heteroatoms. The number of unbranched alkanes of at least 4 members (excludes halogenated alkanes) is 1. The highest BCUT2D eigenvalue weighted by Gasteiger charge is 2.22. The number of aliphatic hydroxyl groups excluding tert-OH is 1. The van der Waals surface area contributed by atoms with Crippen LogP contribution in [0.3, 0.4) is 0 Å². The summed E-state index contributed by atoms with van der Waals surface area (Å²) in [5.41, 5.74) is 5.26. The minimum Gasteiger partial charge on any atom is -0.393 e. The van der Waals surface area contributed by atoms with Gasteiger partial charge in [0.05, 0.1) is 6.10 Å². The number of nitrogens with two attached hydrogens (primary N) is 1. The summed E-state index contributed by atoms with van der Waals surface area (Å²) in [6, 6.07) is 0. The van der Waals surface area contributed by atoms with Crippen molar-refractivity contribution in [2.75, 3.05) is 6.26 Å². The van der Waals surface area contributed by atoms with Crippen LogP contribution in [0.15, 0.2) is 0 Å². The van der Waals surface area contributed by atoms with Gasteiger partial charge in [0.15, 0.2) is 0 Å². The molecule has 3 N–H and O–H groups in total. The van der Waals surface area contributed by atoms with E-state index in [1.807, 2.05) is 6.92 Å². The van der Waals surface area contributed by atoms with Crippen LogP contribution in [-0.2, 0) is 15.6 Å². The molecule has 1 amide bonds. The van der Waals surface area contributed by atoms with Crippen LogP contribution in [0.2, 0.25) is 0 Å². The first-order chi connectivity index (χ1) is 8.42. The molecule has 0 spiro atoms. The maximum atomic E-state index is 11.6. The SMILES string of the molecule is CCCCC(CC(O)CC(CC)C(N)=O)S(C)=O. The zero-order valence-corrected chi connectivity index (χ0v) is 12.5. The zero-order chi connectivity index (χ0) is 14.1. The van der Waals surface area contributed by atoms with Gasteiger partial charge in [0.1, 0.15) is 0 Å². The summed E-state index contributed by atoms with van der Waals surface area (Å²) in [6.45, 7) is 3.97. The molecule has 0 rings (SSSR count). The molecule has 0 aliphatic rings. The van der Waals surface area contributed by atoms with E-state index in [4.69, 9.17) is 5.73 Å². The molecule has 18 heavy (non-hydrogen) atoms. The molecule has 0 aromatic carbocycles. The molecule has 0 aromatic heterocycles. The van der Waals surface area contributed by atoms with Gasteiger partial charge in [0.2, 0.25) is 5.91 Å². The summed E-state index contributed by atoms with van der Waals surface area (Å²) >= 11 is 0. The standard InChI is InChI=1S/C13H27NO3S/c1-4-6-7-12(18(3)17)9-11(15)8-10(5-2)13(14)16/h10-12,15H,4-9H2,1-3H3,(H2,14,16). The third-order valence-electron chi connectivity index (χ3n) is 3.34. The Balaban J connectivity index is 4.27. The van der Waals surface area contributed by atoms with E-state index in [0.29, 0.717) is 19.3 Å². The van der Waals surface area contributed by atoms with Gasteiger partial charge >= 0.3 is 0 Å². The summed E-state index contributed by atoms with van der Waals surface area (Å²) in [4.78, 5) is 11.1. The summed E-state index contributed by atoms with van der Waals surface area (Å²) in [5.74, 6) is -0.642. The Morgan fingerprint density at radius 1 is 1.33 bits per heavy atom. The van der Waals surface area contributed by atoms with Crippen LogP contribution < -0.4 is 5.73 Å². The predicted octanol–water partition coefficient (Wildman–Crippen LogP) is 1.58. The van der Waals surface area contributed by atoms with Gasteiger partial charge in [0, 0.05) is 28.2 Å². The zero-order valence-electron chi connectivity index (χ0n) is 11.7. The lowest BCUT2D eigenvalue weighted by molar-refractivity contribution is -0.122. The average Bonchev–Trinajstić information content (AvgIpc) is 2.30. The van der Waals surface area contributed by atoms with Crippen molar-refractivity contribution in [1.29, 1.82) is 0 Å². The maximum absolute atomic E-state index is 11.6. The van der Waals surface area contributed by atoms with Crippen molar-refractivity contribution in [3.63, 3.8) is 0 Å². The van der Waals surface area contributed by atoms with Gasteiger partial charge in [-0.3, -0.25) is 9.00 Å². The Morgan fingerprint density at radius 3 is 2.33 bits per heavy atom. The molecule has 0 heterocycles. The van der Waals surface area contributed by atoms with Crippen LogP contribution >= 0.6 is 0 Å². The molecule has 0 bridgehead atoms. The Hall–Kier alpha value is -0.420. The second-order valence-corrected chi connectivity index (χ2v) is 6.56. The number of rotatable bonds is 10. The minimum absolute atomic E-state index is 0.0188. The smallest absolute Gasteiger partial charge is 0.220 e. The Morgan fingerprint density at radius 2 is 1.94 bits per heavy atom. The van der Waals surface area contributed by atoms with E-state index in [1.54, 1.807) is 6.26 Å². The molecule has 0 saturated carbocycles. The highest BCUT2D eigenvalue weighted by atomic mass is 32.2. The number of hydrogen-bond donors (Lipinski definition) is 2. The molecule has 4 atom stereocenters. The lowest BCUT2D eigenvalue weighted by Gasteiger charge is -2.20. The van der Waals surface area contributed by atoms with Crippen LogP contribution in [0.1, 0.15) is 52.4 Å². The number of carbonyl (C=O) groups excluding carboxylic acids is 1. The molecule has 0 saturated heterocycles. The largest absolute Gasteiger partial charge is 0.393 e. The molecule has 0 aromatic rings. The van der Waals surface area contributed by atoms with Crippen LogP contribution in [0.25, 0.3) is 0 Å². The predicted molar refractivity (Wildman–Crippen MR) is 75.6 cm³/mol. The van der Waals surface area contributed by atoms with Gasteiger partial charge in [0.25, 0.3) is 0 Å². The van der Waals surface area contributed by atoms with E-state index in [2.05, 4.69) is 6.92 Å². The lowest BCUT2D eigenvalue weighted by Crippen LogP contribution is -2.29. The van der Waals surface area contributed by atoms with E-state index < -0.39 is 16.9 Å². The second-order valence-electron chi connectivity index (χ2n) is 4.90. The monoisotopic (exact) mass is 277 g/mol. The van der Waals surface area contributed by atoms with E-state index in [9.17, 15) is 14.1 Å². The van der Waals surface area contributed by atoms with Crippen molar-refractivity contribution in [2.45, 2.75) is 63.7 Å². The van der Waals surface area contributed by atoms with Crippen molar-refractivity contribution in [2.24, 2.45) is 11.7 Å². The van der Waals surface area contributed by atoms with E-state index >= 15 is 0 Å². The summed E-state index contributed by atoms with van der Waals surface area (Å²) in [6.07, 6.45) is 5.54.